The van der Waals surface area contributed by atoms with Crippen LogP contribution in [0.4, 0.5) is 5.69 Å². The number of nitrogens with one attached hydrogen (secondary N) is 2. The lowest BCUT2D eigenvalue weighted by molar-refractivity contribution is 1.08. The minimum absolute atomic E-state index is 0.0317. The first-order chi connectivity index (χ1) is 10.7. The third-order valence-electron chi connectivity index (χ3n) is 3.92. The highest BCUT2D eigenvalue weighted by molar-refractivity contribution is 5.79. The van der Waals surface area contributed by atoms with Crippen LogP contribution in [-0.4, -0.2) is 4.98 Å². The van der Waals surface area contributed by atoms with Crippen molar-refractivity contribution in [2.45, 2.75) is 26.8 Å². The summed E-state index contributed by atoms with van der Waals surface area (Å²) < 4.78 is 0. The lowest BCUT2D eigenvalue weighted by atomic mass is 10.1. The monoisotopic (exact) mass is 292 g/mol. The van der Waals surface area contributed by atoms with E-state index in [1.807, 2.05) is 25.1 Å². The zero-order valence-electron chi connectivity index (χ0n) is 12.9. The first kappa shape index (κ1) is 14.4. The van der Waals surface area contributed by atoms with E-state index in [1.54, 1.807) is 0 Å². The van der Waals surface area contributed by atoms with Crippen LogP contribution < -0.4 is 10.9 Å². The van der Waals surface area contributed by atoms with Crippen LogP contribution in [-0.2, 0) is 13.0 Å². The van der Waals surface area contributed by atoms with E-state index in [4.69, 9.17) is 0 Å². The Kier molecular flexibility index (Phi) is 3.96. The Morgan fingerprint density at radius 1 is 1.05 bits per heavy atom. The molecule has 0 fully saturated rings. The van der Waals surface area contributed by atoms with E-state index in [9.17, 15) is 4.79 Å². The minimum Gasteiger partial charge on any atom is -0.381 e. The fourth-order valence-corrected chi connectivity index (χ4v) is 2.55. The van der Waals surface area contributed by atoms with Gasteiger partial charge in [-0.2, -0.15) is 0 Å². The van der Waals surface area contributed by atoms with Crippen LogP contribution in [0.15, 0.2) is 53.3 Å². The molecular formula is C19H20N2O. The van der Waals surface area contributed by atoms with E-state index >= 15 is 0 Å². The lowest BCUT2D eigenvalue weighted by Crippen LogP contribution is -2.15. The number of anilines is 1. The number of rotatable bonds is 4. The Balaban J connectivity index is 1.82. The summed E-state index contributed by atoms with van der Waals surface area (Å²) in [6, 6.07) is 16.4. The maximum Gasteiger partial charge on any atom is 0.253 e. The predicted molar refractivity (Wildman–Crippen MR) is 92.5 cm³/mol. The molecule has 0 saturated carbocycles. The maximum atomic E-state index is 12.2. The Labute approximate surface area is 130 Å². The molecule has 0 atom stereocenters. The molecule has 112 valence electrons. The number of aromatic nitrogens is 1. The average molecular weight is 292 g/mol. The number of benzene rings is 2. The van der Waals surface area contributed by atoms with Crippen LogP contribution >= 0.6 is 0 Å². The van der Waals surface area contributed by atoms with Crippen molar-refractivity contribution in [1.29, 1.82) is 0 Å². The van der Waals surface area contributed by atoms with Crippen LogP contribution in [0.2, 0.25) is 0 Å². The largest absolute Gasteiger partial charge is 0.381 e. The third-order valence-corrected chi connectivity index (χ3v) is 3.92. The average Bonchev–Trinajstić information content (AvgIpc) is 2.53. The number of hydrogen-bond donors (Lipinski definition) is 2. The van der Waals surface area contributed by atoms with Gasteiger partial charge in [0, 0.05) is 23.3 Å². The van der Waals surface area contributed by atoms with Gasteiger partial charge in [-0.25, -0.2) is 0 Å². The first-order valence-electron chi connectivity index (χ1n) is 7.61. The van der Waals surface area contributed by atoms with E-state index in [0.29, 0.717) is 6.54 Å². The Bertz CT molecular complexity index is 847. The second kappa shape index (κ2) is 6.06. The summed E-state index contributed by atoms with van der Waals surface area (Å²) in [6.07, 6.45) is 1.03. The zero-order chi connectivity index (χ0) is 15.5. The third kappa shape index (κ3) is 3.03. The van der Waals surface area contributed by atoms with Gasteiger partial charge in [0.05, 0.1) is 0 Å². The number of pyridine rings is 1. The Morgan fingerprint density at radius 3 is 2.55 bits per heavy atom. The van der Waals surface area contributed by atoms with Crippen LogP contribution in [0.5, 0.6) is 0 Å². The Morgan fingerprint density at radius 2 is 1.82 bits per heavy atom. The molecular weight excluding hydrogens is 272 g/mol. The van der Waals surface area contributed by atoms with Crippen molar-refractivity contribution >= 4 is 16.6 Å². The van der Waals surface area contributed by atoms with Gasteiger partial charge in [-0.1, -0.05) is 31.2 Å². The van der Waals surface area contributed by atoms with Gasteiger partial charge in [0.25, 0.3) is 5.56 Å². The summed E-state index contributed by atoms with van der Waals surface area (Å²) in [7, 11) is 0. The normalized spacial score (nSPS) is 10.8. The number of hydrogen-bond acceptors (Lipinski definition) is 2. The summed E-state index contributed by atoms with van der Waals surface area (Å²) in [5, 5.41) is 4.37. The SMILES string of the molecule is CCc1ccc(NCc2cc3ccc(C)cc3[nH]c2=O)cc1. The molecule has 0 spiro atoms. The molecule has 1 aromatic heterocycles. The van der Waals surface area contributed by atoms with Crippen LogP contribution in [0.3, 0.4) is 0 Å². The molecule has 0 amide bonds. The van der Waals surface area contributed by atoms with Crippen LogP contribution in [0.1, 0.15) is 23.6 Å². The van der Waals surface area contributed by atoms with Gasteiger partial charge in [0.15, 0.2) is 0 Å². The molecule has 0 unspecified atom stereocenters. The summed E-state index contributed by atoms with van der Waals surface area (Å²) in [4.78, 5) is 15.1. The zero-order valence-corrected chi connectivity index (χ0v) is 12.9. The van der Waals surface area contributed by atoms with Gasteiger partial charge in [-0.15, -0.1) is 0 Å². The van der Waals surface area contributed by atoms with Crippen molar-refractivity contribution < 1.29 is 0 Å². The first-order valence-corrected chi connectivity index (χ1v) is 7.61. The summed E-state index contributed by atoms with van der Waals surface area (Å²) in [6.45, 7) is 4.68. The van der Waals surface area contributed by atoms with Gasteiger partial charge in [-0.05, 0) is 54.1 Å². The smallest absolute Gasteiger partial charge is 0.253 e. The highest BCUT2D eigenvalue weighted by Gasteiger charge is 2.03. The number of aryl methyl sites for hydroxylation is 2. The fraction of sp³-hybridized carbons (Fsp3) is 0.211. The molecule has 0 saturated heterocycles. The van der Waals surface area contributed by atoms with Gasteiger partial charge < -0.3 is 10.3 Å². The quantitative estimate of drug-likeness (QED) is 0.763. The van der Waals surface area contributed by atoms with Crippen molar-refractivity contribution in [3.8, 4) is 0 Å². The number of H-pyrrole nitrogens is 1. The molecule has 0 bridgehead atoms. The summed E-state index contributed by atoms with van der Waals surface area (Å²) >= 11 is 0. The van der Waals surface area contributed by atoms with E-state index in [-0.39, 0.29) is 5.56 Å². The molecule has 0 aliphatic heterocycles. The molecule has 3 nitrogen and oxygen atoms in total. The van der Waals surface area contributed by atoms with Gasteiger partial charge in [-0.3, -0.25) is 4.79 Å². The maximum absolute atomic E-state index is 12.2. The minimum atomic E-state index is -0.0317. The molecule has 3 aromatic rings. The van der Waals surface area contributed by atoms with Gasteiger partial charge in [0.1, 0.15) is 0 Å². The lowest BCUT2D eigenvalue weighted by Gasteiger charge is -2.08. The molecule has 2 N–H and O–H groups in total. The second-order valence-corrected chi connectivity index (χ2v) is 5.62. The number of aromatic amines is 1. The molecule has 1 heterocycles. The molecule has 3 heteroatoms. The summed E-state index contributed by atoms with van der Waals surface area (Å²) in [5.74, 6) is 0. The van der Waals surface area contributed by atoms with Gasteiger partial charge in [0.2, 0.25) is 0 Å². The van der Waals surface area contributed by atoms with Gasteiger partial charge >= 0.3 is 0 Å². The molecule has 0 aliphatic rings. The Hall–Kier alpha value is -2.55. The molecule has 3 rings (SSSR count). The van der Waals surface area contributed by atoms with E-state index in [1.165, 1.54) is 5.56 Å². The van der Waals surface area contributed by atoms with Crippen LogP contribution in [0, 0.1) is 6.92 Å². The van der Waals surface area contributed by atoms with Crippen molar-refractivity contribution in [2.75, 3.05) is 5.32 Å². The molecule has 2 aromatic carbocycles. The van der Waals surface area contributed by atoms with Crippen molar-refractivity contribution in [2.24, 2.45) is 0 Å². The topological polar surface area (TPSA) is 44.9 Å². The fourth-order valence-electron chi connectivity index (χ4n) is 2.55. The summed E-state index contributed by atoms with van der Waals surface area (Å²) in [5.41, 5.74) is 5.09. The standard InChI is InChI=1S/C19H20N2O/c1-3-14-5-8-17(9-6-14)20-12-16-11-15-7-4-13(2)10-18(15)21-19(16)22/h4-11,20H,3,12H2,1-2H3,(H,21,22). The van der Waals surface area contributed by atoms with Crippen molar-refractivity contribution in [3.63, 3.8) is 0 Å². The van der Waals surface area contributed by atoms with E-state index < -0.39 is 0 Å². The highest BCUT2D eigenvalue weighted by atomic mass is 16.1. The molecule has 0 aliphatic carbocycles. The second-order valence-electron chi connectivity index (χ2n) is 5.62. The molecule has 22 heavy (non-hydrogen) atoms. The van der Waals surface area contributed by atoms with Crippen molar-refractivity contribution in [3.05, 3.63) is 75.6 Å². The van der Waals surface area contributed by atoms with E-state index in [2.05, 4.69) is 47.6 Å². The van der Waals surface area contributed by atoms with E-state index in [0.717, 1.165) is 34.1 Å². The number of fused-ring (bicyclic) bond motifs is 1. The van der Waals surface area contributed by atoms with Crippen molar-refractivity contribution in [1.82, 2.24) is 4.98 Å². The molecule has 0 radical (unpaired) electrons. The predicted octanol–water partition coefficient (Wildman–Crippen LogP) is 4.01. The van der Waals surface area contributed by atoms with Crippen LogP contribution in [0.25, 0.3) is 10.9 Å². The highest BCUT2D eigenvalue weighted by Crippen LogP contribution is 2.15.